The number of hydrogen-bond acceptors (Lipinski definition) is 5. The van der Waals surface area contributed by atoms with E-state index in [2.05, 4.69) is 20.6 Å². The Balaban J connectivity index is 1.76. The quantitative estimate of drug-likeness (QED) is 0.737. The van der Waals surface area contributed by atoms with Crippen LogP contribution in [0.1, 0.15) is 21.2 Å². The molecule has 24 heavy (non-hydrogen) atoms. The summed E-state index contributed by atoms with van der Waals surface area (Å²) < 4.78 is 38.8. The predicted molar refractivity (Wildman–Crippen MR) is 81.3 cm³/mol. The van der Waals surface area contributed by atoms with Gasteiger partial charge in [0.25, 0.3) is 11.7 Å². The Morgan fingerprint density at radius 2 is 2.04 bits per heavy atom. The van der Waals surface area contributed by atoms with E-state index in [9.17, 15) is 18.0 Å². The number of halogens is 5. The van der Waals surface area contributed by atoms with Crippen LogP contribution >= 0.6 is 34.5 Å². The fourth-order valence-corrected chi connectivity index (χ4v) is 3.10. The summed E-state index contributed by atoms with van der Waals surface area (Å²) in [5.74, 6) is -1.72. The second-order valence-corrected chi connectivity index (χ2v) is 6.40. The molecule has 0 atom stereocenters. The molecule has 1 amide bonds. The fourth-order valence-electron chi connectivity index (χ4n) is 1.83. The Morgan fingerprint density at radius 1 is 1.29 bits per heavy atom. The van der Waals surface area contributed by atoms with Gasteiger partial charge < -0.3 is 5.32 Å². The van der Waals surface area contributed by atoms with Crippen LogP contribution in [0.5, 0.6) is 0 Å². The van der Waals surface area contributed by atoms with Gasteiger partial charge in [-0.2, -0.15) is 22.8 Å². The van der Waals surface area contributed by atoms with Crippen molar-refractivity contribution in [3.8, 4) is 0 Å². The lowest BCUT2D eigenvalue weighted by Gasteiger charge is -2.05. The lowest BCUT2D eigenvalue weighted by Crippen LogP contribution is -2.23. The van der Waals surface area contributed by atoms with Gasteiger partial charge in [-0.05, 0) is 18.2 Å². The van der Waals surface area contributed by atoms with Crippen molar-refractivity contribution in [3.63, 3.8) is 0 Å². The molecule has 0 saturated carbocycles. The van der Waals surface area contributed by atoms with Gasteiger partial charge in [-0.15, -0.1) is 10.2 Å². The van der Waals surface area contributed by atoms with Crippen molar-refractivity contribution in [3.05, 3.63) is 44.6 Å². The molecule has 0 aliphatic heterocycles. The predicted octanol–water partition coefficient (Wildman–Crippen LogP) is 3.44. The van der Waals surface area contributed by atoms with Gasteiger partial charge in [0.1, 0.15) is 5.01 Å². The number of aromatic nitrogens is 4. The summed E-state index contributed by atoms with van der Waals surface area (Å²) in [6.45, 7) is -0.0802. The maximum atomic E-state index is 12.7. The number of fused-ring (bicyclic) bond motifs is 1. The maximum absolute atomic E-state index is 12.7. The number of nitrogens with one attached hydrogen (secondary N) is 1. The molecular formula is C12H6Cl2F3N5OS. The molecule has 0 radical (unpaired) electrons. The van der Waals surface area contributed by atoms with Gasteiger partial charge in [-0.25, -0.2) is 0 Å². The van der Waals surface area contributed by atoms with Crippen molar-refractivity contribution in [2.45, 2.75) is 12.7 Å². The fraction of sp³-hybridized carbons (Fsp3) is 0.167. The van der Waals surface area contributed by atoms with Crippen LogP contribution in [0.2, 0.25) is 10.0 Å². The van der Waals surface area contributed by atoms with Crippen LogP contribution in [0.4, 0.5) is 13.2 Å². The highest BCUT2D eigenvalue weighted by molar-refractivity contribution is 7.16. The van der Waals surface area contributed by atoms with Gasteiger partial charge in [-0.3, -0.25) is 4.79 Å². The summed E-state index contributed by atoms with van der Waals surface area (Å²) in [4.78, 5) is 12.0. The van der Waals surface area contributed by atoms with Gasteiger partial charge >= 0.3 is 6.18 Å². The molecule has 12 heteroatoms. The zero-order valence-corrected chi connectivity index (χ0v) is 13.8. The summed E-state index contributed by atoms with van der Waals surface area (Å²) in [5.41, 5.74) is 0.194. The molecule has 0 unspecified atom stereocenters. The van der Waals surface area contributed by atoms with Crippen LogP contribution in [0.25, 0.3) is 4.96 Å². The monoisotopic (exact) mass is 395 g/mol. The number of amides is 1. The standard InChI is InChI=1S/C12H6Cl2F3N5OS/c13-5-1-2-6(7(14)3-5)9(23)18-4-8-21-22-10(12(15,16)17)19-20-11(22)24-8/h1-3H,4H2,(H,18,23). The zero-order chi connectivity index (χ0) is 17.5. The van der Waals surface area contributed by atoms with Crippen molar-refractivity contribution in [1.29, 1.82) is 0 Å². The first-order valence-corrected chi connectivity index (χ1v) is 7.84. The van der Waals surface area contributed by atoms with E-state index in [0.29, 0.717) is 9.54 Å². The largest absolute Gasteiger partial charge is 0.453 e. The van der Waals surface area contributed by atoms with E-state index in [0.717, 1.165) is 11.3 Å². The molecule has 6 nitrogen and oxygen atoms in total. The van der Waals surface area contributed by atoms with E-state index in [-0.39, 0.29) is 27.1 Å². The minimum Gasteiger partial charge on any atom is -0.345 e. The number of carbonyl (C=O) groups is 1. The molecule has 2 heterocycles. The third-order valence-electron chi connectivity index (χ3n) is 2.86. The van der Waals surface area contributed by atoms with Crippen LogP contribution in [0, 0.1) is 0 Å². The number of nitrogens with zero attached hydrogens (tertiary/aromatic N) is 4. The number of rotatable bonds is 3. The number of benzene rings is 1. The van der Waals surface area contributed by atoms with Gasteiger partial charge in [-0.1, -0.05) is 34.5 Å². The maximum Gasteiger partial charge on any atom is 0.453 e. The van der Waals surface area contributed by atoms with Crippen molar-refractivity contribution in [2.75, 3.05) is 0 Å². The SMILES string of the molecule is O=C(NCc1nn2c(C(F)(F)F)nnc2s1)c1ccc(Cl)cc1Cl. The van der Waals surface area contributed by atoms with Gasteiger partial charge in [0.15, 0.2) is 0 Å². The Hall–Kier alpha value is -1.91. The minimum absolute atomic E-state index is 0.0175. The van der Waals surface area contributed by atoms with Crippen molar-refractivity contribution < 1.29 is 18.0 Å². The van der Waals surface area contributed by atoms with Crippen LogP contribution in [0.15, 0.2) is 18.2 Å². The van der Waals surface area contributed by atoms with Crippen molar-refractivity contribution >= 4 is 45.4 Å². The van der Waals surface area contributed by atoms with Gasteiger partial charge in [0.2, 0.25) is 4.96 Å². The van der Waals surface area contributed by atoms with Gasteiger partial charge in [0.05, 0.1) is 17.1 Å². The highest BCUT2D eigenvalue weighted by Crippen LogP contribution is 2.29. The number of hydrogen-bond donors (Lipinski definition) is 1. The molecule has 3 rings (SSSR count). The first-order chi connectivity index (χ1) is 11.3. The Morgan fingerprint density at radius 3 is 2.71 bits per heavy atom. The average molecular weight is 396 g/mol. The first kappa shape index (κ1) is 16.9. The van der Waals surface area contributed by atoms with E-state index >= 15 is 0 Å². The molecule has 126 valence electrons. The van der Waals surface area contributed by atoms with Gasteiger partial charge in [0, 0.05) is 5.02 Å². The van der Waals surface area contributed by atoms with E-state index < -0.39 is 17.9 Å². The summed E-state index contributed by atoms with van der Waals surface area (Å²) >= 11 is 12.6. The third-order valence-corrected chi connectivity index (χ3v) is 4.31. The molecule has 0 saturated heterocycles. The molecule has 0 aliphatic rings. The Labute approximate surface area is 146 Å². The van der Waals surface area contributed by atoms with E-state index in [1.54, 1.807) is 0 Å². The molecule has 0 spiro atoms. The lowest BCUT2D eigenvalue weighted by molar-refractivity contribution is -0.146. The van der Waals surface area contributed by atoms with Crippen LogP contribution < -0.4 is 5.32 Å². The van der Waals surface area contributed by atoms with Crippen LogP contribution in [-0.2, 0) is 12.7 Å². The molecule has 3 aromatic rings. The summed E-state index contributed by atoms with van der Waals surface area (Å²) in [5, 5.41) is 13.5. The second kappa shape index (κ2) is 6.19. The topological polar surface area (TPSA) is 72.2 Å². The van der Waals surface area contributed by atoms with E-state index in [1.807, 2.05) is 0 Å². The molecule has 0 bridgehead atoms. The molecule has 1 N–H and O–H groups in total. The summed E-state index contributed by atoms with van der Waals surface area (Å²) in [6, 6.07) is 4.36. The van der Waals surface area contributed by atoms with E-state index in [1.165, 1.54) is 18.2 Å². The molecule has 1 aromatic carbocycles. The number of alkyl halides is 3. The normalized spacial score (nSPS) is 11.9. The highest BCUT2D eigenvalue weighted by Gasteiger charge is 2.38. The Kier molecular flexibility index (Phi) is 4.37. The zero-order valence-electron chi connectivity index (χ0n) is 11.4. The molecular weight excluding hydrogens is 390 g/mol. The summed E-state index contributed by atoms with van der Waals surface area (Å²) in [7, 11) is 0. The van der Waals surface area contributed by atoms with Crippen molar-refractivity contribution in [2.24, 2.45) is 0 Å². The smallest absolute Gasteiger partial charge is 0.345 e. The Bertz CT molecular complexity index is 923. The lowest BCUT2D eigenvalue weighted by atomic mass is 10.2. The first-order valence-electron chi connectivity index (χ1n) is 6.27. The van der Waals surface area contributed by atoms with Crippen LogP contribution in [0.3, 0.4) is 0 Å². The number of carbonyl (C=O) groups excluding carboxylic acids is 1. The van der Waals surface area contributed by atoms with Crippen LogP contribution in [-0.4, -0.2) is 25.7 Å². The molecule has 0 aliphatic carbocycles. The second-order valence-electron chi connectivity index (χ2n) is 4.52. The highest BCUT2D eigenvalue weighted by atomic mass is 35.5. The van der Waals surface area contributed by atoms with Crippen molar-refractivity contribution in [1.82, 2.24) is 25.1 Å². The minimum atomic E-state index is -4.66. The molecule has 2 aromatic heterocycles. The summed E-state index contributed by atoms with van der Waals surface area (Å²) in [6.07, 6.45) is -4.66. The average Bonchev–Trinajstić information content (AvgIpc) is 3.03. The molecule has 0 fully saturated rings. The van der Waals surface area contributed by atoms with E-state index in [4.69, 9.17) is 23.2 Å². The third kappa shape index (κ3) is 3.30.